The zero-order chi connectivity index (χ0) is 12.8. The van der Waals surface area contributed by atoms with Crippen LogP contribution in [0.4, 0.5) is 0 Å². The van der Waals surface area contributed by atoms with Gasteiger partial charge < -0.3 is 9.88 Å². The lowest BCUT2D eigenvalue weighted by atomic mass is 9.91. The first-order chi connectivity index (χ1) is 8.85. The first kappa shape index (κ1) is 13.2. The zero-order valence-electron chi connectivity index (χ0n) is 11.3. The van der Waals surface area contributed by atoms with Crippen LogP contribution in [0.3, 0.4) is 0 Å². The Labute approximate surface area is 110 Å². The molecule has 3 heteroatoms. The van der Waals surface area contributed by atoms with Crippen molar-refractivity contribution in [2.45, 2.75) is 58.0 Å². The average molecular weight is 245 g/mol. The van der Waals surface area contributed by atoms with Crippen LogP contribution in [-0.4, -0.2) is 11.1 Å². The number of unbranched alkanes of at least 4 members (excludes halogenated alkanes) is 2. The Morgan fingerprint density at radius 2 is 2.33 bits per heavy atom. The molecule has 1 N–H and O–H groups in total. The molecule has 0 amide bonds. The van der Waals surface area contributed by atoms with E-state index in [4.69, 9.17) is 5.26 Å². The Morgan fingerprint density at radius 3 is 3.11 bits per heavy atom. The summed E-state index contributed by atoms with van der Waals surface area (Å²) >= 11 is 0. The number of nitrogens with one attached hydrogen (secondary N) is 1. The fourth-order valence-corrected chi connectivity index (χ4v) is 2.83. The van der Waals surface area contributed by atoms with E-state index in [1.54, 1.807) is 0 Å². The Morgan fingerprint density at radius 1 is 1.44 bits per heavy atom. The highest BCUT2D eigenvalue weighted by atomic mass is 15.0. The molecule has 2 rings (SSSR count). The number of aromatic nitrogens is 1. The molecule has 1 atom stereocenters. The molecule has 0 bridgehead atoms. The fourth-order valence-electron chi connectivity index (χ4n) is 2.83. The number of fused-ring (bicyclic) bond motifs is 1. The molecular weight excluding hydrogens is 222 g/mol. The van der Waals surface area contributed by atoms with Crippen molar-refractivity contribution in [3.8, 4) is 6.07 Å². The third-order valence-electron chi connectivity index (χ3n) is 3.72. The molecule has 0 saturated carbocycles. The first-order valence-corrected chi connectivity index (χ1v) is 7.14. The Bertz CT molecular complexity index is 414. The second-order valence-corrected chi connectivity index (χ2v) is 5.09. The number of rotatable bonds is 6. The first-order valence-electron chi connectivity index (χ1n) is 7.14. The highest BCUT2D eigenvalue weighted by Gasteiger charge is 2.20. The summed E-state index contributed by atoms with van der Waals surface area (Å²) in [7, 11) is 0. The summed E-state index contributed by atoms with van der Waals surface area (Å²) in [6.07, 6.45) is 11.2. The third-order valence-corrected chi connectivity index (χ3v) is 3.72. The number of aryl methyl sites for hydroxylation is 2. The molecule has 1 unspecified atom stereocenters. The van der Waals surface area contributed by atoms with Gasteiger partial charge in [0.1, 0.15) is 0 Å². The van der Waals surface area contributed by atoms with Gasteiger partial charge in [0.2, 0.25) is 0 Å². The molecule has 18 heavy (non-hydrogen) atoms. The minimum Gasteiger partial charge on any atom is -0.354 e. The Hall–Kier alpha value is -1.27. The van der Waals surface area contributed by atoms with Gasteiger partial charge in [0.05, 0.1) is 6.07 Å². The molecular formula is C15H23N3. The molecule has 1 aromatic heterocycles. The van der Waals surface area contributed by atoms with Gasteiger partial charge in [-0.25, -0.2) is 0 Å². The van der Waals surface area contributed by atoms with E-state index in [-0.39, 0.29) is 0 Å². The SMILES string of the molecule is CCNC1CCCc2cn(CCCCC#N)cc21. The van der Waals surface area contributed by atoms with Gasteiger partial charge in [0.25, 0.3) is 0 Å². The lowest BCUT2D eigenvalue weighted by Crippen LogP contribution is -2.23. The molecule has 0 aromatic carbocycles. The molecule has 1 aromatic rings. The van der Waals surface area contributed by atoms with Crippen LogP contribution in [0.15, 0.2) is 12.4 Å². The number of nitriles is 1. The molecule has 0 spiro atoms. The van der Waals surface area contributed by atoms with Crippen molar-refractivity contribution in [1.82, 2.24) is 9.88 Å². The summed E-state index contributed by atoms with van der Waals surface area (Å²) in [6.45, 7) is 4.26. The molecule has 98 valence electrons. The summed E-state index contributed by atoms with van der Waals surface area (Å²) in [4.78, 5) is 0. The van der Waals surface area contributed by atoms with Crippen LogP contribution in [-0.2, 0) is 13.0 Å². The molecule has 1 aliphatic carbocycles. The predicted octanol–water partition coefficient (Wildman–Crippen LogP) is 3.17. The van der Waals surface area contributed by atoms with E-state index in [1.807, 2.05) is 0 Å². The highest BCUT2D eigenvalue weighted by Crippen LogP contribution is 2.30. The molecule has 0 fully saturated rings. The maximum Gasteiger partial charge on any atom is 0.0621 e. The van der Waals surface area contributed by atoms with Crippen LogP contribution in [0.1, 0.15) is 56.2 Å². The predicted molar refractivity (Wildman–Crippen MR) is 73.3 cm³/mol. The Balaban J connectivity index is 1.96. The molecule has 0 radical (unpaired) electrons. The smallest absolute Gasteiger partial charge is 0.0621 e. The van der Waals surface area contributed by atoms with Crippen LogP contribution < -0.4 is 5.32 Å². The maximum atomic E-state index is 8.52. The number of hydrogen-bond donors (Lipinski definition) is 1. The van der Waals surface area contributed by atoms with Gasteiger partial charge in [0, 0.05) is 31.4 Å². The van der Waals surface area contributed by atoms with Gasteiger partial charge in [-0.05, 0) is 49.8 Å². The van der Waals surface area contributed by atoms with E-state index < -0.39 is 0 Å². The van der Waals surface area contributed by atoms with Crippen molar-refractivity contribution in [2.75, 3.05) is 6.54 Å². The van der Waals surface area contributed by atoms with Crippen LogP contribution in [0.5, 0.6) is 0 Å². The van der Waals surface area contributed by atoms with Crippen molar-refractivity contribution in [3.05, 3.63) is 23.5 Å². The summed E-state index contributed by atoms with van der Waals surface area (Å²) in [6, 6.07) is 2.76. The number of nitrogens with zero attached hydrogens (tertiary/aromatic N) is 2. The van der Waals surface area contributed by atoms with Crippen LogP contribution in [0, 0.1) is 11.3 Å². The van der Waals surface area contributed by atoms with E-state index in [9.17, 15) is 0 Å². The van der Waals surface area contributed by atoms with E-state index in [0.29, 0.717) is 12.5 Å². The standard InChI is InChI=1S/C15H23N3/c1-2-17-15-8-6-7-13-11-18(12-14(13)15)10-5-3-4-9-16/h11-12,15,17H,2-8,10H2,1H3. The third kappa shape index (κ3) is 3.14. The van der Waals surface area contributed by atoms with Gasteiger partial charge in [-0.1, -0.05) is 6.92 Å². The summed E-state index contributed by atoms with van der Waals surface area (Å²) in [5.41, 5.74) is 3.02. The van der Waals surface area contributed by atoms with Crippen molar-refractivity contribution in [2.24, 2.45) is 0 Å². The molecule has 3 nitrogen and oxygen atoms in total. The minimum atomic E-state index is 0.555. The highest BCUT2D eigenvalue weighted by molar-refractivity contribution is 5.30. The molecule has 1 heterocycles. The minimum absolute atomic E-state index is 0.555. The monoisotopic (exact) mass is 245 g/mol. The maximum absolute atomic E-state index is 8.52. The van der Waals surface area contributed by atoms with Gasteiger partial charge in [-0.2, -0.15) is 5.26 Å². The molecule has 0 aliphatic heterocycles. The average Bonchev–Trinajstić information content (AvgIpc) is 2.79. The van der Waals surface area contributed by atoms with Crippen molar-refractivity contribution in [3.63, 3.8) is 0 Å². The molecule has 1 aliphatic rings. The largest absolute Gasteiger partial charge is 0.354 e. The summed E-state index contributed by atoms with van der Waals surface area (Å²) in [5.74, 6) is 0. The van der Waals surface area contributed by atoms with Gasteiger partial charge >= 0.3 is 0 Å². The van der Waals surface area contributed by atoms with E-state index in [2.05, 4.69) is 35.3 Å². The van der Waals surface area contributed by atoms with Gasteiger partial charge in [-0.3, -0.25) is 0 Å². The second-order valence-electron chi connectivity index (χ2n) is 5.09. The van der Waals surface area contributed by atoms with Crippen LogP contribution in [0.2, 0.25) is 0 Å². The van der Waals surface area contributed by atoms with Crippen LogP contribution in [0.25, 0.3) is 0 Å². The number of hydrogen-bond acceptors (Lipinski definition) is 2. The fraction of sp³-hybridized carbons (Fsp3) is 0.667. The summed E-state index contributed by atoms with van der Waals surface area (Å²) in [5, 5.41) is 12.1. The van der Waals surface area contributed by atoms with Gasteiger partial charge in [-0.15, -0.1) is 0 Å². The lowest BCUT2D eigenvalue weighted by Gasteiger charge is -2.22. The van der Waals surface area contributed by atoms with Gasteiger partial charge in [0.15, 0.2) is 0 Å². The topological polar surface area (TPSA) is 40.8 Å². The quantitative estimate of drug-likeness (QED) is 0.782. The molecule has 0 saturated heterocycles. The normalized spacial score (nSPS) is 18.3. The van der Waals surface area contributed by atoms with Crippen molar-refractivity contribution >= 4 is 0 Å². The zero-order valence-corrected chi connectivity index (χ0v) is 11.3. The Kier molecular flexibility index (Phi) is 4.83. The van der Waals surface area contributed by atoms with Crippen molar-refractivity contribution < 1.29 is 0 Å². The van der Waals surface area contributed by atoms with Crippen LogP contribution >= 0.6 is 0 Å². The van der Waals surface area contributed by atoms with E-state index in [1.165, 1.54) is 30.4 Å². The lowest BCUT2D eigenvalue weighted by molar-refractivity contribution is 0.473. The van der Waals surface area contributed by atoms with Crippen molar-refractivity contribution in [1.29, 1.82) is 5.26 Å². The summed E-state index contributed by atoms with van der Waals surface area (Å²) < 4.78 is 2.32. The second kappa shape index (κ2) is 6.61. The van der Waals surface area contributed by atoms with E-state index in [0.717, 1.165) is 25.9 Å². The van der Waals surface area contributed by atoms with E-state index >= 15 is 0 Å².